The molecular formula is C25H21F3N4O3. The zero-order chi connectivity index (χ0) is 25.0. The summed E-state index contributed by atoms with van der Waals surface area (Å²) in [7, 11) is 1.88. The summed E-state index contributed by atoms with van der Waals surface area (Å²) in [5.41, 5.74) is 1.36. The van der Waals surface area contributed by atoms with Gasteiger partial charge in [-0.25, -0.2) is 4.98 Å². The minimum Gasteiger partial charge on any atom is -0.484 e. The molecule has 180 valence electrons. The second-order valence-corrected chi connectivity index (χ2v) is 7.70. The molecule has 0 saturated heterocycles. The number of hydrogen-bond donors (Lipinski definition) is 2. The van der Waals surface area contributed by atoms with Crippen LogP contribution in [0, 0.1) is 0 Å². The summed E-state index contributed by atoms with van der Waals surface area (Å²) in [6.45, 7) is -0.160. The second-order valence-electron chi connectivity index (χ2n) is 7.70. The van der Waals surface area contributed by atoms with E-state index in [1.807, 2.05) is 35.9 Å². The van der Waals surface area contributed by atoms with Crippen LogP contribution in [0.25, 0.3) is 11.0 Å². The predicted molar refractivity (Wildman–Crippen MR) is 124 cm³/mol. The molecule has 0 bridgehead atoms. The van der Waals surface area contributed by atoms with Crippen LogP contribution in [-0.4, -0.2) is 28.0 Å². The Labute approximate surface area is 198 Å². The van der Waals surface area contributed by atoms with Crippen LogP contribution in [0.4, 0.5) is 18.9 Å². The summed E-state index contributed by atoms with van der Waals surface area (Å²) in [5, 5.41) is 5.19. The number of nitrogens with one attached hydrogen (secondary N) is 2. The summed E-state index contributed by atoms with van der Waals surface area (Å²) in [6, 6.07) is 18.2. The van der Waals surface area contributed by atoms with Crippen molar-refractivity contribution in [3.05, 3.63) is 89.7 Å². The molecule has 0 unspecified atom stereocenters. The fourth-order valence-corrected chi connectivity index (χ4v) is 3.44. The van der Waals surface area contributed by atoms with Gasteiger partial charge < -0.3 is 19.9 Å². The fourth-order valence-electron chi connectivity index (χ4n) is 3.44. The summed E-state index contributed by atoms with van der Waals surface area (Å²) in [6.07, 6.45) is -4.50. The zero-order valence-corrected chi connectivity index (χ0v) is 18.6. The molecule has 1 aromatic heterocycles. The number of benzene rings is 3. The number of nitrogens with zero attached hydrogens (tertiary/aromatic N) is 2. The number of carbonyl (C=O) groups excluding carboxylic acids is 2. The number of aryl methyl sites for hydroxylation is 1. The number of aromatic nitrogens is 2. The third-order valence-electron chi connectivity index (χ3n) is 5.25. The van der Waals surface area contributed by atoms with Crippen LogP contribution >= 0.6 is 0 Å². The van der Waals surface area contributed by atoms with Crippen LogP contribution in [0.1, 0.15) is 21.7 Å². The average Bonchev–Trinajstić information content (AvgIpc) is 3.17. The SMILES string of the molecule is Cn1c(CNC(=O)c2ccc(OCC(=O)Nc3cccc(C(F)(F)F)c3)cc2)nc2ccccc21. The molecule has 0 saturated carbocycles. The Morgan fingerprint density at radius 3 is 2.46 bits per heavy atom. The number of para-hydroxylation sites is 2. The van der Waals surface area contributed by atoms with Crippen LogP contribution in [0.2, 0.25) is 0 Å². The van der Waals surface area contributed by atoms with Gasteiger partial charge in [-0.15, -0.1) is 0 Å². The van der Waals surface area contributed by atoms with Crippen molar-refractivity contribution in [1.82, 2.24) is 14.9 Å². The molecule has 0 spiro atoms. The van der Waals surface area contributed by atoms with E-state index in [1.165, 1.54) is 24.3 Å². The van der Waals surface area contributed by atoms with Crippen molar-refractivity contribution in [2.45, 2.75) is 12.7 Å². The number of rotatable bonds is 7. The highest BCUT2D eigenvalue weighted by molar-refractivity contribution is 5.94. The van der Waals surface area contributed by atoms with Gasteiger partial charge in [0.1, 0.15) is 11.6 Å². The van der Waals surface area contributed by atoms with Crippen LogP contribution < -0.4 is 15.4 Å². The van der Waals surface area contributed by atoms with Gasteiger partial charge in [0.25, 0.3) is 11.8 Å². The Balaban J connectivity index is 1.28. The van der Waals surface area contributed by atoms with E-state index in [-0.39, 0.29) is 18.1 Å². The molecule has 35 heavy (non-hydrogen) atoms. The first-order valence-corrected chi connectivity index (χ1v) is 10.6. The maximum absolute atomic E-state index is 12.8. The molecule has 3 aromatic carbocycles. The molecule has 2 amide bonds. The monoisotopic (exact) mass is 482 g/mol. The summed E-state index contributed by atoms with van der Waals surface area (Å²) < 4.78 is 45.7. The quantitative estimate of drug-likeness (QED) is 0.405. The van der Waals surface area contributed by atoms with E-state index in [2.05, 4.69) is 15.6 Å². The highest BCUT2D eigenvalue weighted by Gasteiger charge is 2.30. The van der Waals surface area contributed by atoms with Gasteiger partial charge in [0.2, 0.25) is 0 Å². The Hall–Kier alpha value is -4.34. The van der Waals surface area contributed by atoms with E-state index < -0.39 is 24.3 Å². The largest absolute Gasteiger partial charge is 0.484 e. The van der Waals surface area contributed by atoms with E-state index in [1.54, 1.807) is 12.1 Å². The third-order valence-corrected chi connectivity index (χ3v) is 5.25. The first kappa shape index (κ1) is 23.8. The van der Waals surface area contributed by atoms with E-state index in [0.29, 0.717) is 17.1 Å². The summed E-state index contributed by atoms with van der Waals surface area (Å²) in [5.74, 6) is 0.127. The number of ether oxygens (including phenoxy) is 1. The number of anilines is 1. The van der Waals surface area contributed by atoms with Crippen molar-refractivity contribution >= 4 is 28.5 Å². The van der Waals surface area contributed by atoms with Crippen LogP contribution in [-0.2, 0) is 24.6 Å². The van der Waals surface area contributed by atoms with Crippen LogP contribution in [0.5, 0.6) is 5.75 Å². The van der Waals surface area contributed by atoms with Gasteiger partial charge in [-0.3, -0.25) is 9.59 Å². The molecular weight excluding hydrogens is 461 g/mol. The highest BCUT2D eigenvalue weighted by Crippen LogP contribution is 2.30. The van der Waals surface area contributed by atoms with Gasteiger partial charge in [0.05, 0.1) is 23.1 Å². The lowest BCUT2D eigenvalue weighted by atomic mass is 10.2. The smallest absolute Gasteiger partial charge is 0.416 e. The Kier molecular flexibility index (Phi) is 6.72. The lowest BCUT2D eigenvalue weighted by molar-refractivity contribution is -0.137. The molecule has 1 heterocycles. The molecule has 0 aliphatic heterocycles. The van der Waals surface area contributed by atoms with Crippen LogP contribution in [0.3, 0.4) is 0 Å². The molecule has 2 N–H and O–H groups in total. The molecule has 0 aliphatic carbocycles. The molecule has 0 radical (unpaired) electrons. The Morgan fingerprint density at radius 2 is 1.74 bits per heavy atom. The lowest BCUT2D eigenvalue weighted by Gasteiger charge is -2.11. The van der Waals surface area contributed by atoms with Crippen LogP contribution in [0.15, 0.2) is 72.8 Å². The molecule has 0 atom stereocenters. The molecule has 10 heteroatoms. The Bertz CT molecular complexity index is 1360. The van der Waals surface area contributed by atoms with Crippen molar-refractivity contribution < 1.29 is 27.5 Å². The number of carbonyl (C=O) groups is 2. The molecule has 4 rings (SSSR count). The van der Waals surface area contributed by atoms with E-state index >= 15 is 0 Å². The topological polar surface area (TPSA) is 85.2 Å². The van der Waals surface area contributed by atoms with E-state index in [9.17, 15) is 22.8 Å². The highest BCUT2D eigenvalue weighted by atomic mass is 19.4. The molecule has 4 aromatic rings. The van der Waals surface area contributed by atoms with Crippen molar-refractivity contribution in [3.8, 4) is 5.75 Å². The van der Waals surface area contributed by atoms with Crippen molar-refractivity contribution in [2.75, 3.05) is 11.9 Å². The van der Waals surface area contributed by atoms with E-state index in [4.69, 9.17) is 4.74 Å². The van der Waals surface area contributed by atoms with Crippen molar-refractivity contribution in [1.29, 1.82) is 0 Å². The molecule has 7 nitrogen and oxygen atoms in total. The predicted octanol–water partition coefficient (Wildman–Crippen LogP) is 4.54. The lowest BCUT2D eigenvalue weighted by Crippen LogP contribution is -2.24. The van der Waals surface area contributed by atoms with Gasteiger partial charge in [0.15, 0.2) is 6.61 Å². The number of halogens is 3. The normalized spacial score (nSPS) is 11.3. The first-order valence-electron chi connectivity index (χ1n) is 10.6. The first-order chi connectivity index (χ1) is 16.7. The molecule has 0 fully saturated rings. The summed E-state index contributed by atoms with van der Waals surface area (Å²) in [4.78, 5) is 29.0. The average molecular weight is 482 g/mol. The van der Waals surface area contributed by atoms with Gasteiger partial charge in [-0.2, -0.15) is 13.2 Å². The molecule has 0 aliphatic rings. The van der Waals surface area contributed by atoms with Gasteiger partial charge >= 0.3 is 6.18 Å². The van der Waals surface area contributed by atoms with Gasteiger partial charge in [-0.05, 0) is 54.6 Å². The van der Waals surface area contributed by atoms with E-state index in [0.717, 1.165) is 23.2 Å². The Morgan fingerprint density at radius 1 is 1.00 bits per heavy atom. The number of fused-ring (bicyclic) bond motifs is 1. The second kappa shape index (κ2) is 9.88. The van der Waals surface area contributed by atoms with Crippen molar-refractivity contribution in [2.24, 2.45) is 7.05 Å². The number of imidazole rings is 1. The van der Waals surface area contributed by atoms with Crippen molar-refractivity contribution in [3.63, 3.8) is 0 Å². The third kappa shape index (κ3) is 5.78. The number of alkyl halides is 3. The fraction of sp³-hybridized carbons (Fsp3) is 0.160. The summed E-state index contributed by atoms with van der Waals surface area (Å²) >= 11 is 0. The number of amides is 2. The maximum atomic E-state index is 12.8. The number of hydrogen-bond acceptors (Lipinski definition) is 4. The standard InChI is InChI=1S/C25H21F3N4O3/c1-32-21-8-3-2-7-20(21)31-22(32)14-29-24(34)16-9-11-19(12-10-16)35-15-23(33)30-18-6-4-5-17(13-18)25(26,27)28/h2-13H,14-15H2,1H3,(H,29,34)(H,30,33). The zero-order valence-electron chi connectivity index (χ0n) is 18.6. The van der Waals surface area contributed by atoms with Gasteiger partial charge in [0, 0.05) is 18.3 Å². The maximum Gasteiger partial charge on any atom is 0.416 e. The minimum absolute atomic E-state index is 0.0149. The minimum atomic E-state index is -4.50. The van der Waals surface area contributed by atoms with Gasteiger partial charge in [-0.1, -0.05) is 18.2 Å².